The number of hydrogen-bond donors (Lipinski definition) is 0. The molecule has 3 rings (SSSR count). The van der Waals surface area contributed by atoms with Gasteiger partial charge < -0.3 is 9.47 Å². The normalized spacial score (nSPS) is 30.9. The van der Waals surface area contributed by atoms with E-state index in [0.717, 1.165) is 18.4 Å². The molecule has 1 aliphatic carbocycles. The average molecular weight is 260 g/mol. The molecule has 3 heteroatoms. The molecule has 2 atom stereocenters. The Morgan fingerprint density at radius 2 is 1.89 bits per heavy atom. The molecule has 1 heterocycles. The summed E-state index contributed by atoms with van der Waals surface area (Å²) in [7, 11) is 0. The fourth-order valence-electron chi connectivity index (χ4n) is 2.88. The van der Waals surface area contributed by atoms with E-state index < -0.39 is 11.7 Å². The maximum atomic E-state index is 12.1. The lowest BCUT2D eigenvalue weighted by molar-refractivity contribution is -0.152. The number of carbonyl (C=O) groups is 1. The Bertz CT molecular complexity index is 450. The quantitative estimate of drug-likeness (QED) is 0.619. The van der Waals surface area contributed by atoms with Crippen LogP contribution in [0.5, 0.6) is 0 Å². The number of rotatable bonds is 3. The molecule has 1 aromatic rings. The Kier molecular flexibility index (Phi) is 3.31. The predicted molar refractivity (Wildman–Crippen MR) is 71.6 cm³/mol. The van der Waals surface area contributed by atoms with Crippen LogP contribution in [-0.4, -0.2) is 18.2 Å². The first-order chi connectivity index (χ1) is 9.20. The van der Waals surface area contributed by atoms with Crippen molar-refractivity contribution in [3.63, 3.8) is 0 Å². The number of carbonyl (C=O) groups excluding carboxylic acids is 1. The molecule has 0 N–H and O–H groups in total. The van der Waals surface area contributed by atoms with Crippen molar-refractivity contribution in [2.75, 3.05) is 0 Å². The first kappa shape index (κ1) is 12.7. The lowest BCUT2D eigenvalue weighted by Gasteiger charge is -2.21. The van der Waals surface area contributed by atoms with Crippen LogP contribution in [0.15, 0.2) is 30.3 Å². The highest BCUT2D eigenvalue weighted by Gasteiger charge is 2.59. The van der Waals surface area contributed by atoms with Crippen molar-refractivity contribution >= 4 is 5.97 Å². The van der Waals surface area contributed by atoms with Gasteiger partial charge in [-0.05, 0) is 38.2 Å². The predicted octanol–water partition coefficient (Wildman–Crippen LogP) is 3.18. The van der Waals surface area contributed by atoms with Gasteiger partial charge in [0.25, 0.3) is 0 Å². The summed E-state index contributed by atoms with van der Waals surface area (Å²) in [5.74, 6) is -0.196. The first-order valence-electron chi connectivity index (χ1n) is 7.14. The molecule has 2 aliphatic rings. The molecule has 0 aromatic heterocycles. The van der Waals surface area contributed by atoms with Crippen LogP contribution in [0.1, 0.15) is 44.6 Å². The Hall–Kier alpha value is -1.35. The minimum Gasteiger partial charge on any atom is -0.460 e. The van der Waals surface area contributed by atoms with Gasteiger partial charge in [-0.1, -0.05) is 36.8 Å². The van der Waals surface area contributed by atoms with Crippen LogP contribution < -0.4 is 0 Å². The van der Waals surface area contributed by atoms with Gasteiger partial charge >= 0.3 is 5.97 Å². The van der Waals surface area contributed by atoms with Crippen molar-refractivity contribution in [3.8, 4) is 0 Å². The van der Waals surface area contributed by atoms with Crippen LogP contribution in [0.3, 0.4) is 0 Å². The fourth-order valence-corrected chi connectivity index (χ4v) is 2.88. The third-order valence-corrected chi connectivity index (χ3v) is 4.20. The number of esters is 1. The lowest BCUT2D eigenvalue weighted by Crippen LogP contribution is -2.26. The zero-order valence-corrected chi connectivity index (χ0v) is 11.3. The van der Waals surface area contributed by atoms with Crippen LogP contribution >= 0.6 is 0 Å². The van der Waals surface area contributed by atoms with Gasteiger partial charge in [0, 0.05) is 0 Å². The van der Waals surface area contributed by atoms with E-state index in [1.807, 2.05) is 37.3 Å². The average Bonchev–Trinajstić information content (AvgIpc) is 3.15. The van der Waals surface area contributed by atoms with Crippen molar-refractivity contribution in [1.82, 2.24) is 0 Å². The molecule has 0 bridgehead atoms. The molecular weight excluding hydrogens is 240 g/mol. The minimum atomic E-state index is -0.493. The molecule has 0 spiro atoms. The van der Waals surface area contributed by atoms with Crippen molar-refractivity contribution in [1.29, 1.82) is 0 Å². The second kappa shape index (κ2) is 4.97. The van der Waals surface area contributed by atoms with E-state index in [9.17, 15) is 4.79 Å². The monoisotopic (exact) mass is 260 g/mol. The van der Waals surface area contributed by atoms with E-state index in [1.165, 1.54) is 19.3 Å². The second-order valence-corrected chi connectivity index (χ2v) is 5.67. The van der Waals surface area contributed by atoms with E-state index in [4.69, 9.17) is 9.47 Å². The summed E-state index contributed by atoms with van der Waals surface area (Å²) < 4.78 is 11.2. The van der Waals surface area contributed by atoms with Crippen molar-refractivity contribution < 1.29 is 14.3 Å². The summed E-state index contributed by atoms with van der Waals surface area (Å²) in [5, 5.41) is 0. The molecule has 1 aliphatic heterocycles. The number of epoxide rings is 1. The van der Waals surface area contributed by atoms with E-state index in [2.05, 4.69) is 0 Å². The third-order valence-electron chi connectivity index (χ3n) is 4.20. The van der Waals surface area contributed by atoms with Gasteiger partial charge in [0.05, 0.1) is 0 Å². The highest BCUT2D eigenvalue weighted by atomic mass is 16.7. The molecule has 1 saturated carbocycles. The smallest absolute Gasteiger partial charge is 0.338 e. The summed E-state index contributed by atoms with van der Waals surface area (Å²) in [5.41, 5.74) is 0.549. The Morgan fingerprint density at radius 1 is 1.21 bits per heavy atom. The second-order valence-electron chi connectivity index (χ2n) is 5.67. The van der Waals surface area contributed by atoms with Crippen LogP contribution in [-0.2, 0) is 19.9 Å². The summed E-state index contributed by atoms with van der Waals surface area (Å²) in [6.07, 6.45) is 5.26. The molecule has 102 valence electrons. The zero-order chi connectivity index (χ0) is 13.3. The molecule has 2 unspecified atom stereocenters. The van der Waals surface area contributed by atoms with Crippen LogP contribution in [0, 0.1) is 0 Å². The Morgan fingerprint density at radius 3 is 2.58 bits per heavy atom. The van der Waals surface area contributed by atoms with Crippen molar-refractivity contribution in [3.05, 3.63) is 35.9 Å². The van der Waals surface area contributed by atoms with Gasteiger partial charge in [0.15, 0.2) is 6.10 Å². The molecule has 1 aromatic carbocycles. The van der Waals surface area contributed by atoms with E-state index in [0.29, 0.717) is 0 Å². The van der Waals surface area contributed by atoms with Gasteiger partial charge in [-0.15, -0.1) is 0 Å². The molecular formula is C16H20O3. The van der Waals surface area contributed by atoms with Gasteiger partial charge in [-0.2, -0.15) is 0 Å². The molecule has 2 fully saturated rings. The summed E-state index contributed by atoms with van der Waals surface area (Å²) >= 11 is 0. The first-order valence-corrected chi connectivity index (χ1v) is 7.14. The van der Waals surface area contributed by atoms with E-state index in [1.54, 1.807) is 0 Å². The minimum absolute atomic E-state index is 0.102. The Balaban J connectivity index is 1.61. The van der Waals surface area contributed by atoms with E-state index >= 15 is 0 Å². The van der Waals surface area contributed by atoms with Gasteiger partial charge in [-0.25, -0.2) is 4.79 Å². The topological polar surface area (TPSA) is 38.8 Å². The van der Waals surface area contributed by atoms with Crippen molar-refractivity contribution in [2.24, 2.45) is 0 Å². The molecule has 1 saturated heterocycles. The number of hydrogen-bond acceptors (Lipinski definition) is 3. The fraction of sp³-hybridized carbons (Fsp3) is 0.562. The van der Waals surface area contributed by atoms with Gasteiger partial charge in [0.1, 0.15) is 11.7 Å². The largest absolute Gasteiger partial charge is 0.460 e. The highest BCUT2D eigenvalue weighted by Crippen LogP contribution is 2.46. The zero-order valence-electron chi connectivity index (χ0n) is 11.3. The maximum Gasteiger partial charge on any atom is 0.338 e. The van der Waals surface area contributed by atoms with Gasteiger partial charge in [-0.3, -0.25) is 0 Å². The highest BCUT2D eigenvalue weighted by molar-refractivity contribution is 5.80. The van der Waals surface area contributed by atoms with Crippen LogP contribution in [0.4, 0.5) is 0 Å². The standard InChI is InChI=1S/C16H20O3/c1-16(12-8-4-2-5-9-12)14(19-16)15(17)18-13-10-6-3-7-11-13/h2,4-5,8-9,13-14H,3,6-7,10-11H2,1H3. The van der Waals surface area contributed by atoms with E-state index in [-0.39, 0.29) is 12.1 Å². The van der Waals surface area contributed by atoms with Crippen molar-refractivity contribution in [2.45, 2.75) is 56.8 Å². The summed E-state index contributed by atoms with van der Waals surface area (Å²) in [6, 6.07) is 9.88. The molecule has 19 heavy (non-hydrogen) atoms. The maximum absolute atomic E-state index is 12.1. The van der Waals surface area contributed by atoms with Crippen LogP contribution in [0.25, 0.3) is 0 Å². The number of ether oxygens (including phenoxy) is 2. The molecule has 3 nitrogen and oxygen atoms in total. The molecule has 0 amide bonds. The summed E-state index contributed by atoms with van der Waals surface area (Å²) in [4.78, 5) is 12.1. The Labute approximate surface area is 113 Å². The lowest BCUT2D eigenvalue weighted by atomic mass is 9.96. The summed E-state index contributed by atoms with van der Waals surface area (Å²) in [6.45, 7) is 1.95. The number of benzene rings is 1. The third kappa shape index (κ3) is 2.52. The van der Waals surface area contributed by atoms with Gasteiger partial charge in [0.2, 0.25) is 0 Å². The molecule has 0 radical (unpaired) electrons. The SMILES string of the molecule is CC1(c2ccccc2)OC1C(=O)OC1CCCCC1. The van der Waals surface area contributed by atoms with Crippen LogP contribution in [0.2, 0.25) is 0 Å².